The van der Waals surface area contributed by atoms with Crippen molar-refractivity contribution in [2.75, 3.05) is 13.2 Å². The fraction of sp³-hybridized carbons (Fsp3) is 0.654. The number of esters is 1. The van der Waals surface area contributed by atoms with Crippen molar-refractivity contribution in [3.05, 3.63) is 42.0 Å². The molecule has 0 bridgehead atoms. The van der Waals surface area contributed by atoms with Crippen molar-refractivity contribution < 1.29 is 42.0 Å². The molecule has 1 aromatic carbocycles. The third-order valence-corrected chi connectivity index (χ3v) is 6.22. The smallest absolute Gasteiger partial charge is 0.416 e. The lowest BCUT2D eigenvalue weighted by atomic mass is 9.86. The molecule has 5 nitrogen and oxygen atoms in total. The van der Waals surface area contributed by atoms with Crippen LogP contribution in [0, 0.1) is 11.8 Å². The topological polar surface area (TPSA) is 76.0 Å². The lowest BCUT2D eigenvalue weighted by molar-refractivity contribution is -0.143. The summed E-state index contributed by atoms with van der Waals surface area (Å²) in [4.78, 5) is 11.5. The number of allylic oxidation sites excluding steroid dienone is 2. The van der Waals surface area contributed by atoms with Gasteiger partial charge in [-0.05, 0) is 75.0 Å². The molecular formula is C26H36F4O5. The van der Waals surface area contributed by atoms with E-state index in [9.17, 15) is 32.6 Å². The molecule has 35 heavy (non-hydrogen) atoms. The fourth-order valence-corrected chi connectivity index (χ4v) is 4.34. The van der Waals surface area contributed by atoms with Crippen LogP contribution >= 0.6 is 0 Å². The van der Waals surface area contributed by atoms with Gasteiger partial charge < -0.3 is 19.7 Å². The lowest BCUT2D eigenvalue weighted by Gasteiger charge is -2.23. The van der Waals surface area contributed by atoms with Crippen LogP contribution in [0.5, 0.6) is 5.75 Å². The molecule has 0 saturated heterocycles. The van der Waals surface area contributed by atoms with Crippen molar-refractivity contribution in [2.45, 2.75) is 82.8 Å². The minimum absolute atomic E-state index is 0.0551. The van der Waals surface area contributed by atoms with E-state index in [1.54, 1.807) is 0 Å². The van der Waals surface area contributed by atoms with E-state index >= 15 is 0 Å². The Balaban J connectivity index is 1.75. The summed E-state index contributed by atoms with van der Waals surface area (Å²) in [6.45, 7) is 1.97. The van der Waals surface area contributed by atoms with E-state index in [2.05, 4.69) is 0 Å². The van der Waals surface area contributed by atoms with E-state index in [-0.39, 0.29) is 36.4 Å². The Morgan fingerprint density at radius 3 is 2.66 bits per heavy atom. The van der Waals surface area contributed by atoms with Gasteiger partial charge in [0, 0.05) is 6.42 Å². The average molecular weight is 505 g/mol. The summed E-state index contributed by atoms with van der Waals surface area (Å²) in [7, 11) is 0. The molecule has 5 atom stereocenters. The van der Waals surface area contributed by atoms with Crippen molar-refractivity contribution in [1.82, 2.24) is 0 Å². The molecule has 1 aliphatic rings. The van der Waals surface area contributed by atoms with Crippen LogP contribution in [0.1, 0.15) is 63.9 Å². The SMILES string of the molecule is CCCOC(=O)CCC/C=C/CC1C(O)CC(O)C1CCC(F)COc1cccc(C(F)(F)F)c1. The summed E-state index contributed by atoms with van der Waals surface area (Å²) < 4.78 is 63.0. The van der Waals surface area contributed by atoms with Crippen molar-refractivity contribution >= 4 is 5.97 Å². The maximum absolute atomic E-state index is 14.4. The molecule has 2 N–H and O–H groups in total. The summed E-state index contributed by atoms with van der Waals surface area (Å²) >= 11 is 0. The average Bonchev–Trinajstić information content (AvgIpc) is 3.08. The predicted octanol–water partition coefficient (Wildman–Crippen LogP) is 5.63. The molecule has 198 valence electrons. The van der Waals surface area contributed by atoms with E-state index in [0.29, 0.717) is 38.7 Å². The highest BCUT2D eigenvalue weighted by molar-refractivity contribution is 5.69. The van der Waals surface area contributed by atoms with Crippen molar-refractivity contribution in [2.24, 2.45) is 11.8 Å². The minimum atomic E-state index is -4.50. The maximum Gasteiger partial charge on any atom is 0.416 e. The Bertz CT molecular complexity index is 798. The second-order valence-electron chi connectivity index (χ2n) is 9.03. The number of carbonyl (C=O) groups is 1. The molecule has 1 aliphatic carbocycles. The van der Waals surface area contributed by atoms with Gasteiger partial charge in [0.15, 0.2) is 0 Å². The summed E-state index contributed by atoms with van der Waals surface area (Å²) in [6.07, 6.45) is 0.123. The number of halogens is 4. The van der Waals surface area contributed by atoms with Crippen LogP contribution in [0.3, 0.4) is 0 Å². The maximum atomic E-state index is 14.4. The number of aliphatic hydroxyl groups is 2. The van der Waals surface area contributed by atoms with E-state index in [1.807, 2.05) is 19.1 Å². The minimum Gasteiger partial charge on any atom is -0.491 e. The molecular weight excluding hydrogens is 468 g/mol. The highest BCUT2D eigenvalue weighted by Crippen LogP contribution is 2.38. The first kappa shape index (κ1) is 29.1. The molecule has 0 aromatic heterocycles. The second kappa shape index (κ2) is 14.4. The molecule has 2 rings (SSSR count). The van der Waals surface area contributed by atoms with Gasteiger partial charge >= 0.3 is 12.1 Å². The van der Waals surface area contributed by atoms with Crippen LogP contribution in [0.25, 0.3) is 0 Å². The normalized spacial score (nSPS) is 23.5. The van der Waals surface area contributed by atoms with Gasteiger partial charge in [-0.1, -0.05) is 25.1 Å². The van der Waals surface area contributed by atoms with Gasteiger partial charge in [0.05, 0.1) is 24.4 Å². The molecule has 1 saturated carbocycles. The van der Waals surface area contributed by atoms with E-state index in [1.165, 1.54) is 12.1 Å². The van der Waals surface area contributed by atoms with Crippen molar-refractivity contribution in [1.29, 1.82) is 0 Å². The van der Waals surface area contributed by atoms with Crippen LogP contribution in [0.15, 0.2) is 36.4 Å². The molecule has 0 heterocycles. The Kier molecular flexibility index (Phi) is 12.0. The van der Waals surface area contributed by atoms with Crippen LogP contribution < -0.4 is 4.74 Å². The number of carbonyl (C=O) groups excluding carboxylic acids is 1. The lowest BCUT2D eigenvalue weighted by Crippen LogP contribution is -2.24. The number of unbranched alkanes of at least 4 members (excludes halogenated alkanes) is 1. The number of benzene rings is 1. The number of rotatable bonds is 14. The van der Waals surface area contributed by atoms with Gasteiger partial charge in [0.25, 0.3) is 0 Å². The van der Waals surface area contributed by atoms with E-state index < -0.39 is 36.7 Å². The van der Waals surface area contributed by atoms with Gasteiger partial charge in [-0.25, -0.2) is 4.39 Å². The first-order valence-corrected chi connectivity index (χ1v) is 12.2. The highest BCUT2D eigenvalue weighted by atomic mass is 19.4. The monoisotopic (exact) mass is 504 g/mol. The zero-order valence-electron chi connectivity index (χ0n) is 20.1. The summed E-state index contributed by atoms with van der Waals surface area (Å²) in [5, 5.41) is 20.7. The van der Waals surface area contributed by atoms with Crippen molar-refractivity contribution in [3.8, 4) is 5.75 Å². The number of aliphatic hydroxyl groups excluding tert-OH is 2. The van der Waals surface area contributed by atoms with Gasteiger partial charge in [0.2, 0.25) is 0 Å². The van der Waals surface area contributed by atoms with Crippen LogP contribution in [0.2, 0.25) is 0 Å². The zero-order chi connectivity index (χ0) is 25.8. The molecule has 0 amide bonds. The third-order valence-electron chi connectivity index (χ3n) is 6.22. The van der Waals surface area contributed by atoms with Crippen LogP contribution in [-0.4, -0.2) is 47.8 Å². The number of hydrogen-bond acceptors (Lipinski definition) is 5. The van der Waals surface area contributed by atoms with Crippen molar-refractivity contribution in [3.63, 3.8) is 0 Å². The first-order chi connectivity index (χ1) is 16.6. The Morgan fingerprint density at radius 2 is 1.94 bits per heavy atom. The van der Waals surface area contributed by atoms with Gasteiger partial charge in [-0.15, -0.1) is 0 Å². The summed E-state index contributed by atoms with van der Waals surface area (Å²) in [6, 6.07) is 4.30. The molecule has 0 spiro atoms. The highest BCUT2D eigenvalue weighted by Gasteiger charge is 2.40. The van der Waals surface area contributed by atoms with Gasteiger partial charge in [0.1, 0.15) is 18.5 Å². The molecule has 1 fully saturated rings. The molecule has 1 aromatic rings. The summed E-state index contributed by atoms with van der Waals surface area (Å²) in [5.41, 5.74) is -0.860. The van der Waals surface area contributed by atoms with Crippen LogP contribution in [-0.2, 0) is 15.7 Å². The number of ether oxygens (including phenoxy) is 2. The van der Waals surface area contributed by atoms with Gasteiger partial charge in [-0.2, -0.15) is 13.2 Å². The molecule has 5 unspecified atom stereocenters. The quantitative estimate of drug-likeness (QED) is 0.149. The molecule has 0 aliphatic heterocycles. The standard InChI is InChI=1S/C26H36F4O5/c1-2-14-34-25(33)11-6-4-3-5-10-21-22(24(32)16-23(21)31)13-12-19(27)17-35-20-9-7-8-18(15-20)26(28,29)30/h3,5,7-9,15,19,21-24,31-32H,2,4,6,10-14,16-17H2,1H3/b5-3+. The first-order valence-electron chi connectivity index (χ1n) is 12.2. The molecule has 0 radical (unpaired) electrons. The molecule has 9 heteroatoms. The largest absolute Gasteiger partial charge is 0.491 e. The number of hydrogen-bond donors (Lipinski definition) is 2. The Morgan fingerprint density at radius 1 is 1.20 bits per heavy atom. The third kappa shape index (κ3) is 10.2. The number of alkyl halides is 4. The van der Waals surface area contributed by atoms with Crippen LogP contribution in [0.4, 0.5) is 17.6 Å². The Hall–Kier alpha value is -2.13. The zero-order valence-corrected chi connectivity index (χ0v) is 20.1. The fourth-order valence-electron chi connectivity index (χ4n) is 4.34. The summed E-state index contributed by atoms with van der Waals surface area (Å²) in [5.74, 6) is -0.772. The van der Waals surface area contributed by atoms with E-state index in [0.717, 1.165) is 18.6 Å². The van der Waals surface area contributed by atoms with Gasteiger partial charge in [-0.3, -0.25) is 4.79 Å². The predicted molar refractivity (Wildman–Crippen MR) is 124 cm³/mol. The Labute approximate surface area is 204 Å². The van der Waals surface area contributed by atoms with E-state index in [4.69, 9.17) is 9.47 Å². The second-order valence-corrected chi connectivity index (χ2v) is 9.03.